The molecule has 1 saturated heterocycles. The van der Waals surface area contributed by atoms with Crippen LogP contribution in [0.2, 0.25) is 5.02 Å². The maximum atomic E-state index is 11.3. The predicted octanol–water partition coefficient (Wildman–Crippen LogP) is 0.348. The number of nitrogens with zero attached hydrogens (tertiary/aromatic N) is 2. The van der Waals surface area contributed by atoms with Gasteiger partial charge >= 0.3 is 15.6 Å². The van der Waals surface area contributed by atoms with Gasteiger partial charge in [-0.2, -0.15) is 0 Å². The molecule has 0 amide bonds. The van der Waals surface area contributed by atoms with E-state index in [4.69, 9.17) is 58.6 Å². The largest absolute Gasteiger partial charge is 0.470 e. The fraction of sp³-hybridized carbons (Fsp3) is 0.600. The number of nitrogens with two attached hydrogens (primary N) is 1. The molecule has 0 spiro atoms. The first-order chi connectivity index (χ1) is 12.3. The number of phosphoric acid groups is 2. The van der Waals surface area contributed by atoms with Gasteiger partial charge in [-0.05, 0) is 12.2 Å². The smallest absolute Gasteiger partial charge is 0.382 e. The molecule has 1 aromatic rings. The van der Waals surface area contributed by atoms with Gasteiger partial charge in [-0.25, -0.2) is 14.1 Å². The Morgan fingerprint density at radius 2 is 1.96 bits per heavy atom. The van der Waals surface area contributed by atoms with Crippen LogP contribution in [-0.4, -0.2) is 61.2 Å². The molecule has 4 unspecified atom stereocenters. The maximum absolute atomic E-state index is 11.3. The molecular formula is C10H16ClN3O10P2S. The van der Waals surface area contributed by atoms with E-state index in [-0.39, 0.29) is 15.6 Å². The molecule has 17 heteroatoms. The number of hydrogen-bond donors (Lipinski definition) is 5. The molecule has 1 aliphatic heterocycles. The molecule has 0 aromatic carbocycles. The Morgan fingerprint density at radius 3 is 2.48 bits per heavy atom. The Kier molecular flexibility index (Phi) is 7.18. The van der Waals surface area contributed by atoms with E-state index >= 15 is 0 Å². The van der Waals surface area contributed by atoms with E-state index in [0.29, 0.717) is 0 Å². The van der Waals surface area contributed by atoms with E-state index in [2.05, 4.69) is 14.0 Å². The minimum atomic E-state index is -5.02. The second-order valence-corrected chi connectivity index (χ2v) is 8.48. The minimum Gasteiger partial charge on any atom is -0.382 e. The fourth-order valence-corrected chi connectivity index (χ4v) is 3.73. The Bertz CT molecular complexity index is 843. The highest BCUT2D eigenvalue weighted by atomic mass is 35.5. The van der Waals surface area contributed by atoms with Crippen molar-refractivity contribution in [2.45, 2.75) is 24.5 Å². The van der Waals surface area contributed by atoms with Gasteiger partial charge in [0.1, 0.15) is 24.1 Å². The summed E-state index contributed by atoms with van der Waals surface area (Å²) >= 11 is 11.0. The highest BCUT2D eigenvalue weighted by Crippen LogP contribution is 2.46. The zero-order valence-corrected chi connectivity index (χ0v) is 16.8. The van der Waals surface area contributed by atoms with E-state index < -0.39 is 46.8 Å². The Morgan fingerprint density at radius 1 is 1.33 bits per heavy atom. The van der Waals surface area contributed by atoms with Crippen molar-refractivity contribution in [3.8, 4) is 0 Å². The molecule has 0 radical (unpaired) electrons. The van der Waals surface area contributed by atoms with Gasteiger partial charge in [0.15, 0.2) is 6.23 Å². The van der Waals surface area contributed by atoms with Crippen LogP contribution in [0.3, 0.4) is 0 Å². The lowest BCUT2D eigenvalue weighted by atomic mass is 10.1. The minimum absolute atomic E-state index is 0.0180. The summed E-state index contributed by atoms with van der Waals surface area (Å²) in [6, 6.07) is 0. The van der Waals surface area contributed by atoms with Gasteiger partial charge < -0.3 is 34.8 Å². The summed E-state index contributed by atoms with van der Waals surface area (Å²) < 4.78 is 43.2. The van der Waals surface area contributed by atoms with Crippen molar-refractivity contribution in [1.29, 1.82) is 0 Å². The average Bonchev–Trinajstić information content (AvgIpc) is 2.83. The second-order valence-electron chi connectivity index (χ2n) is 5.28. The average molecular weight is 468 g/mol. The number of hydrogen-bond acceptors (Lipinski definition) is 9. The summed E-state index contributed by atoms with van der Waals surface area (Å²) in [5.41, 5.74) is 5.56. The van der Waals surface area contributed by atoms with Crippen LogP contribution in [0.25, 0.3) is 0 Å². The van der Waals surface area contributed by atoms with Gasteiger partial charge in [0.05, 0.1) is 11.6 Å². The number of halogens is 1. The van der Waals surface area contributed by atoms with Crippen LogP contribution < -0.4 is 5.73 Å². The summed E-state index contributed by atoms with van der Waals surface area (Å²) in [4.78, 5) is 39.8. The van der Waals surface area contributed by atoms with E-state index in [1.54, 1.807) is 0 Å². The van der Waals surface area contributed by atoms with Gasteiger partial charge in [-0.15, -0.1) is 0 Å². The van der Waals surface area contributed by atoms with Gasteiger partial charge in [-0.3, -0.25) is 13.6 Å². The van der Waals surface area contributed by atoms with Crippen molar-refractivity contribution >= 4 is 45.3 Å². The van der Waals surface area contributed by atoms with Crippen LogP contribution in [0.4, 0.5) is 5.82 Å². The zero-order chi connectivity index (χ0) is 20.6. The number of methoxy groups -OCH3 is 1. The van der Waals surface area contributed by atoms with Crippen molar-refractivity contribution in [2.24, 2.45) is 0 Å². The number of ether oxygens (including phenoxy) is 2. The van der Waals surface area contributed by atoms with Crippen molar-refractivity contribution in [1.82, 2.24) is 9.55 Å². The van der Waals surface area contributed by atoms with E-state index in [0.717, 1.165) is 0 Å². The molecule has 2 rings (SSSR count). The third kappa shape index (κ3) is 6.00. The molecule has 13 nitrogen and oxygen atoms in total. The number of phosphoric ester groups is 2. The second kappa shape index (κ2) is 8.49. The Labute approximate surface area is 162 Å². The fourth-order valence-electron chi connectivity index (χ4n) is 2.41. The lowest BCUT2D eigenvalue weighted by molar-refractivity contribution is -0.0609. The predicted molar refractivity (Wildman–Crippen MR) is 92.1 cm³/mol. The quantitative estimate of drug-likeness (QED) is 0.272. The van der Waals surface area contributed by atoms with E-state index in [9.17, 15) is 9.13 Å². The van der Waals surface area contributed by atoms with Gasteiger partial charge in [0, 0.05) is 13.3 Å². The number of rotatable bonds is 7. The first-order valence-corrected chi connectivity index (χ1v) is 10.8. The lowest BCUT2D eigenvalue weighted by Crippen LogP contribution is -2.37. The summed E-state index contributed by atoms with van der Waals surface area (Å²) in [5.74, 6) is -0.0470. The summed E-state index contributed by atoms with van der Waals surface area (Å²) in [7, 11) is -8.70. The van der Waals surface area contributed by atoms with Crippen LogP contribution >= 0.6 is 39.5 Å². The van der Waals surface area contributed by atoms with Crippen molar-refractivity contribution in [3.05, 3.63) is 16.0 Å². The number of anilines is 1. The summed E-state index contributed by atoms with van der Waals surface area (Å²) in [6.07, 6.45) is -3.86. The normalized spacial score (nSPS) is 26.4. The van der Waals surface area contributed by atoms with E-state index in [1.165, 1.54) is 17.9 Å². The Hall–Kier alpha value is -0.470. The highest BCUT2D eigenvalue weighted by Gasteiger charge is 2.50. The standard InChI is InChI=1S/C10H16ClN3O10P2S/c1-21-7-6(24-26(18,19)20)5(3-22-25(15,16)17)23-9(7)14-2-4(11)8(12)13-10(14)27/h2,5-7,9H,3H2,1H3,(H2,12,13,27)(H2,15,16,17)(H2,18,19,20). The Balaban J connectivity index is 2.41. The molecule has 4 atom stereocenters. The third-order valence-corrected chi connectivity index (χ3v) is 5.03. The van der Waals surface area contributed by atoms with Gasteiger partial charge in [-0.1, -0.05) is 11.6 Å². The molecular weight excluding hydrogens is 452 g/mol. The van der Waals surface area contributed by atoms with Crippen LogP contribution in [-0.2, 0) is 27.7 Å². The van der Waals surface area contributed by atoms with Crippen LogP contribution in [0.5, 0.6) is 0 Å². The van der Waals surface area contributed by atoms with Crippen molar-refractivity contribution < 1.29 is 47.2 Å². The molecule has 2 heterocycles. The highest BCUT2D eigenvalue weighted by molar-refractivity contribution is 7.71. The van der Waals surface area contributed by atoms with Crippen LogP contribution in [0.1, 0.15) is 6.23 Å². The van der Waals surface area contributed by atoms with Gasteiger partial charge in [0.25, 0.3) is 0 Å². The zero-order valence-electron chi connectivity index (χ0n) is 13.5. The molecule has 154 valence electrons. The van der Waals surface area contributed by atoms with Crippen molar-refractivity contribution in [2.75, 3.05) is 19.5 Å². The number of aromatic nitrogens is 2. The number of nitrogen functional groups attached to an aromatic ring is 1. The first kappa shape index (κ1) is 22.8. The molecule has 0 saturated carbocycles. The van der Waals surface area contributed by atoms with E-state index in [1.807, 2.05) is 0 Å². The first-order valence-electron chi connectivity index (χ1n) is 6.99. The molecule has 1 aliphatic rings. The summed E-state index contributed by atoms with van der Waals surface area (Å²) in [5, 5.41) is 0.0180. The molecule has 1 fully saturated rings. The maximum Gasteiger partial charge on any atom is 0.470 e. The molecule has 0 bridgehead atoms. The van der Waals surface area contributed by atoms with Crippen molar-refractivity contribution in [3.63, 3.8) is 0 Å². The topological polar surface area (TPSA) is 196 Å². The lowest BCUT2D eigenvalue weighted by Gasteiger charge is -2.24. The van der Waals surface area contributed by atoms with Gasteiger partial charge in [0.2, 0.25) is 4.77 Å². The third-order valence-electron chi connectivity index (χ3n) is 3.43. The monoisotopic (exact) mass is 467 g/mol. The van der Waals surface area contributed by atoms with Crippen LogP contribution in [0, 0.1) is 4.77 Å². The SMILES string of the molecule is COC1C(OP(=O)(O)O)C(COP(=O)(O)O)OC1n1cc(Cl)c(N)nc1=S. The molecule has 6 N–H and O–H groups in total. The summed E-state index contributed by atoms with van der Waals surface area (Å²) in [6.45, 7) is -0.755. The molecule has 1 aromatic heterocycles. The molecule has 27 heavy (non-hydrogen) atoms. The van der Waals surface area contributed by atoms with Crippen LogP contribution in [0.15, 0.2) is 6.20 Å². The molecule has 0 aliphatic carbocycles.